The molecule has 5 heteroatoms. The Kier molecular flexibility index (Phi) is 4.61. The van der Waals surface area contributed by atoms with Crippen LogP contribution in [0.15, 0.2) is 72.1 Å². The standard InChI is InChI=1S/C17H13ClN2OS/c18-14-7-5-13(6-8-14)11-22-16-4-2-1-3-15(16)17(21)20-10-9-19-12-20/h1-10,12H,11H2. The largest absolute Gasteiger partial charge is 0.272 e. The average Bonchev–Trinajstić information content (AvgIpc) is 3.08. The SMILES string of the molecule is O=C(c1ccccc1SCc1ccc(Cl)cc1)n1ccnc1. The van der Waals surface area contributed by atoms with E-state index in [0.717, 1.165) is 15.7 Å². The Labute approximate surface area is 138 Å². The molecule has 0 N–H and O–H groups in total. The van der Waals surface area contributed by atoms with E-state index in [9.17, 15) is 4.79 Å². The van der Waals surface area contributed by atoms with Gasteiger partial charge in [-0.05, 0) is 29.8 Å². The number of hydrogen-bond donors (Lipinski definition) is 0. The summed E-state index contributed by atoms with van der Waals surface area (Å²) in [5, 5.41) is 0.726. The van der Waals surface area contributed by atoms with E-state index in [1.54, 1.807) is 24.2 Å². The van der Waals surface area contributed by atoms with E-state index in [1.807, 2.05) is 48.5 Å². The minimum absolute atomic E-state index is 0.0725. The first-order valence-electron chi connectivity index (χ1n) is 6.73. The van der Waals surface area contributed by atoms with Gasteiger partial charge in [-0.2, -0.15) is 0 Å². The second kappa shape index (κ2) is 6.81. The summed E-state index contributed by atoms with van der Waals surface area (Å²) in [5.41, 5.74) is 1.85. The first-order valence-corrected chi connectivity index (χ1v) is 8.09. The van der Waals surface area contributed by atoms with Crippen LogP contribution in [0.5, 0.6) is 0 Å². The van der Waals surface area contributed by atoms with Crippen molar-refractivity contribution in [3.8, 4) is 0 Å². The van der Waals surface area contributed by atoms with E-state index in [2.05, 4.69) is 4.98 Å². The number of benzene rings is 2. The van der Waals surface area contributed by atoms with Gasteiger partial charge < -0.3 is 0 Å². The van der Waals surface area contributed by atoms with Gasteiger partial charge >= 0.3 is 0 Å². The van der Waals surface area contributed by atoms with Crippen molar-refractivity contribution in [3.63, 3.8) is 0 Å². The van der Waals surface area contributed by atoms with Crippen molar-refractivity contribution in [1.29, 1.82) is 0 Å². The summed E-state index contributed by atoms with van der Waals surface area (Å²) in [7, 11) is 0. The maximum atomic E-state index is 12.5. The zero-order chi connectivity index (χ0) is 15.4. The lowest BCUT2D eigenvalue weighted by molar-refractivity contribution is 0.0957. The molecule has 0 amide bonds. The fourth-order valence-corrected chi connectivity index (χ4v) is 3.16. The van der Waals surface area contributed by atoms with Crippen molar-refractivity contribution >= 4 is 29.3 Å². The maximum absolute atomic E-state index is 12.5. The summed E-state index contributed by atoms with van der Waals surface area (Å²) in [6, 6.07) is 15.4. The summed E-state index contributed by atoms with van der Waals surface area (Å²) in [5.74, 6) is 0.711. The highest BCUT2D eigenvalue weighted by Crippen LogP contribution is 2.27. The molecule has 0 aliphatic carbocycles. The summed E-state index contributed by atoms with van der Waals surface area (Å²) in [4.78, 5) is 17.4. The van der Waals surface area contributed by atoms with Crippen LogP contribution in [-0.2, 0) is 5.75 Å². The van der Waals surface area contributed by atoms with Crippen LogP contribution in [0.3, 0.4) is 0 Å². The Morgan fingerprint density at radius 3 is 2.64 bits per heavy atom. The smallest absolute Gasteiger partial charge is 0.264 e. The third kappa shape index (κ3) is 3.40. The van der Waals surface area contributed by atoms with E-state index in [-0.39, 0.29) is 5.91 Å². The molecule has 0 fully saturated rings. The highest BCUT2D eigenvalue weighted by atomic mass is 35.5. The lowest BCUT2D eigenvalue weighted by Crippen LogP contribution is -2.10. The lowest BCUT2D eigenvalue weighted by atomic mass is 10.2. The fourth-order valence-electron chi connectivity index (χ4n) is 2.03. The van der Waals surface area contributed by atoms with Gasteiger partial charge in [-0.25, -0.2) is 4.98 Å². The highest BCUT2D eigenvalue weighted by molar-refractivity contribution is 7.98. The summed E-state index contributed by atoms with van der Waals surface area (Å²) in [6.07, 6.45) is 4.77. The Bertz CT molecular complexity index is 770. The van der Waals surface area contributed by atoms with Gasteiger partial charge in [-0.1, -0.05) is 35.9 Å². The van der Waals surface area contributed by atoms with Crippen LogP contribution < -0.4 is 0 Å². The molecule has 3 nitrogen and oxygen atoms in total. The number of carbonyl (C=O) groups excluding carboxylic acids is 1. The van der Waals surface area contributed by atoms with Crippen molar-refractivity contribution in [2.45, 2.75) is 10.6 Å². The predicted molar refractivity (Wildman–Crippen MR) is 89.4 cm³/mol. The van der Waals surface area contributed by atoms with Gasteiger partial charge in [0.15, 0.2) is 0 Å². The molecule has 0 radical (unpaired) electrons. The normalized spacial score (nSPS) is 10.6. The van der Waals surface area contributed by atoms with Gasteiger partial charge in [0, 0.05) is 28.1 Å². The van der Waals surface area contributed by atoms with Gasteiger partial charge in [0.2, 0.25) is 0 Å². The molecule has 110 valence electrons. The molecule has 2 aromatic carbocycles. The minimum atomic E-state index is -0.0725. The van der Waals surface area contributed by atoms with Crippen LogP contribution in [-0.4, -0.2) is 15.5 Å². The average molecular weight is 329 g/mol. The molecule has 0 bridgehead atoms. The van der Waals surface area contributed by atoms with E-state index >= 15 is 0 Å². The van der Waals surface area contributed by atoms with Gasteiger partial charge in [0.25, 0.3) is 5.91 Å². The van der Waals surface area contributed by atoms with Crippen LogP contribution in [0.2, 0.25) is 5.02 Å². The topological polar surface area (TPSA) is 34.9 Å². The number of hydrogen-bond acceptors (Lipinski definition) is 3. The number of thioether (sulfide) groups is 1. The lowest BCUT2D eigenvalue weighted by Gasteiger charge is -2.08. The van der Waals surface area contributed by atoms with E-state index in [4.69, 9.17) is 11.6 Å². The van der Waals surface area contributed by atoms with Crippen molar-refractivity contribution in [2.24, 2.45) is 0 Å². The molecular weight excluding hydrogens is 316 g/mol. The molecule has 0 saturated carbocycles. The molecule has 0 spiro atoms. The van der Waals surface area contributed by atoms with Crippen LogP contribution in [0.25, 0.3) is 0 Å². The van der Waals surface area contributed by atoms with Crippen molar-refractivity contribution in [3.05, 3.63) is 83.4 Å². The monoisotopic (exact) mass is 328 g/mol. The van der Waals surface area contributed by atoms with Crippen LogP contribution in [0.4, 0.5) is 0 Å². The molecule has 3 rings (SSSR count). The molecule has 1 aromatic heterocycles. The number of rotatable bonds is 4. The zero-order valence-corrected chi connectivity index (χ0v) is 13.2. The molecule has 0 atom stereocenters. The molecule has 0 saturated heterocycles. The third-order valence-corrected chi connectivity index (χ3v) is 4.56. The molecule has 0 aliphatic rings. The number of aromatic nitrogens is 2. The second-order valence-electron chi connectivity index (χ2n) is 4.69. The summed E-state index contributed by atoms with van der Waals surface area (Å²) < 4.78 is 1.49. The van der Waals surface area contributed by atoms with Gasteiger partial charge in [0.1, 0.15) is 6.33 Å². The van der Waals surface area contributed by atoms with Crippen molar-refractivity contribution in [1.82, 2.24) is 9.55 Å². The number of halogens is 1. The second-order valence-corrected chi connectivity index (χ2v) is 6.14. The Hall–Kier alpha value is -2.04. The van der Waals surface area contributed by atoms with E-state index in [1.165, 1.54) is 16.5 Å². The maximum Gasteiger partial charge on any atom is 0.264 e. The minimum Gasteiger partial charge on any atom is -0.272 e. The van der Waals surface area contributed by atoms with Crippen molar-refractivity contribution in [2.75, 3.05) is 0 Å². The van der Waals surface area contributed by atoms with Gasteiger partial charge in [-0.15, -0.1) is 11.8 Å². The number of imidazole rings is 1. The van der Waals surface area contributed by atoms with Crippen molar-refractivity contribution < 1.29 is 4.79 Å². The molecular formula is C17H13ClN2OS. The summed E-state index contributed by atoms with van der Waals surface area (Å²) in [6.45, 7) is 0. The Balaban J connectivity index is 1.79. The quantitative estimate of drug-likeness (QED) is 0.660. The van der Waals surface area contributed by atoms with Gasteiger partial charge in [-0.3, -0.25) is 9.36 Å². The number of nitrogens with zero attached hydrogens (tertiary/aromatic N) is 2. The van der Waals surface area contributed by atoms with Gasteiger partial charge in [0.05, 0.1) is 5.56 Å². The predicted octanol–water partition coefficient (Wildman–Crippen LogP) is 4.52. The first-order chi connectivity index (χ1) is 10.7. The summed E-state index contributed by atoms with van der Waals surface area (Å²) >= 11 is 7.53. The fraction of sp³-hybridized carbons (Fsp3) is 0.0588. The molecule has 1 heterocycles. The molecule has 22 heavy (non-hydrogen) atoms. The third-order valence-electron chi connectivity index (χ3n) is 3.16. The van der Waals surface area contributed by atoms with Crippen LogP contribution in [0.1, 0.15) is 15.9 Å². The Morgan fingerprint density at radius 1 is 1.14 bits per heavy atom. The van der Waals surface area contributed by atoms with Crippen LogP contribution >= 0.6 is 23.4 Å². The number of carbonyl (C=O) groups is 1. The van der Waals surface area contributed by atoms with E-state index < -0.39 is 0 Å². The van der Waals surface area contributed by atoms with E-state index in [0.29, 0.717) is 5.56 Å². The highest BCUT2D eigenvalue weighted by Gasteiger charge is 2.12. The molecule has 0 aliphatic heterocycles. The zero-order valence-electron chi connectivity index (χ0n) is 11.6. The molecule has 3 aromatic rings. The molecule has 0 unspecified atom stereocenters. The first kappa shape index (κ1) is 14.9. The Morgan fingerprint density at radius 2 is 1.91 bits per heavy atom. The van der Waals surface area contributed by atoms with Crippen LogP contribution in [0, 0.1) is 0 Å².